The van der Waals surface area contributed by atoms with Crippen LogP contribution in [-0.2, 0) is 4.79 Å². The Morgan fingerprint density at radius 1 is 0.900 bits per heavy atom. The minimum Gasteiger partial charge on any atom is -0.480 e. The number of carboxylic acids is 1. The third-order valence-corrected chi connectivity index (χ3v) is 4.26. The van der Waals surface area contributed by atoms with Crippen molar-refractivity contribution in [3.05, 3.63) is 0 Å². The van der Waals surface area contributed by atoms with E-state index in [2.05, 4.69) is 37.5 Å². The van der Waals surface area contributed by atoms with Gasteiger partial charge in [-0.15, -0.1) is 0 Å². The fraction of sp³-hybridized carbons (Fsp3) is 0.938. The molecule has 0 bridgehead atoms. The van der Waals surface area contributed by atoms with Gasteiger partial charge in [0.05, 0.1) is 0 Å². The summed E-state index contributed by atoms with van der Waals surface area (Å²) in [4.78, 5) is 15.7. The van der Waals surface area contributed by atoms with E-state index < -0.39 is 5.97 Å². The van der Waals surface area contributed by atoms with Crippen LogP contribution in [0.5, 0.6) is 0 Å². The Morgan fingerprint density at radius 3 is 1.65 bits per heavy atom. The average molecular weight is 284 g/mol. The molecule has 1 unspecified atom stereocenters. The van der Waals surface area contributed by atoms with Gasteiger partial charge in [0, 0.05) is 32.2 Å². The first kappa shape index (κ1) is 17.4. The lowest BCUT2D eigenvalue weighted by atomic mass is 9.94. The molecule has 0 spiro atoms. The largest absolute Gasteiger partial charge is 0.480 e. The number of piperazine rings is 1. The molecular formula is C16H32N2O2. The van der Waals surface area contributed by atoms with Crippen LogP contribution in [0.1, 0.15) is 47.5 Å². The van der Waals surface area contributed by atoms with Gasteiger partial charge in [-0.05, 0) is 31.6 Å². The number of hydrogen-bond donors (Lipinski definition) is 1. The Morgan fingerprint density at radius 2 is 1.30 bits per heavy atom. The number of carbonyl (C=O) groups is 1. The third-order valence-electron chi connectivity index (χ3n) is 4.26. The second-order valence-electron chi connectivity index (χ2n) is 7.00. The van der Waals surface area contributed by atoms with E-state index in [4.69, 9.17) is 5.11 Å². The highest BCUT2D eigenvalue weighted by Gasteiger charge is 2.28. The third kappa shape index (κ3) is 5.41. The van der Waals surface area contributed by atoms with Gasteiger partial charge in [-0.25, -0.2) is 0 Å². The van der Waals surface area contributed by atoms with E-state index in [0.717, 1.165) is 38.0 Å². The molecule has 0 radical (unpaired) electrons. The molecule has 0 aromatic heterocycles. The van der Waals surface area contributed by atoms with Crippen LogP contribution in [0.2, 0.25) is 0 Å². The summed E-state index contributed by atoms with van der Waals surface area (Å²) in [7, 11) is 0. The quantitative estimate of drug-likeness (QED) is 0.780. The maximum Gasteiger partial charge on any atom is 0.320 e. The summed E-state index contributed by atoms with van der Waals surface area (Å²) in [6.07, 6.45) is 2.49. The molecule has 1 atom stereocenters. The number of rotatable bonds is 7. The molecule has 4 nitrogen and oxygen atoms in total. The van der Waals surface area contributed by atoms with Crippen molar-refractivity contribution in [1.29, 1.82) is 0 Å². The lowest BCUT2D eigenvalue weighted by molar-refractivity contribution is -0.143. The Balaban J connectivity index is 2.53. The van der Waals surface area contributed by atoms with Gasteiger partial charge in [0.1, 0.15) is 6.04 Å². The lowest BCUT2D eigenvalue weighted by Gasteiger charge is -2.41. The van der Waals surface area contributed by atoms with E-state index in [1.807, 2.05) is 0 Å². The number of hydrogen-bond acceptors (Lipinski definition) is 3. The van der Waals surface area contributed by atoms with E-state index in [1.165, 1.54) is 12.8 Å². The van der Waals surface area contributed by atoms with Crippen LogP contribution < -0.4 is 0 Å². The van der Waals surface area contributed by atoms with Gasteiger partial charge < -0.3 is 5.11 Å². The maximum absolute atomic E-state index is 11.0. The van der Waals surface area contributed by atoms with Crippen LogP contribution in [0.15, 0.2) is 0 Å². The van der Waals surface area contributed by atoms with E-state index in [9.17, 15) is 4.79 Å². The second kappa shape index (κ2) is 7.99. The van der Waals surface area contributed by atoms with Crippen LogP contribution >= 0.6 is 0 Å². The van der Waals surface area contributed by atoms with Gasteiger partial charge >= 0.3 is 5.97 Å². The molecule has 1 aliphatic rings. The normalized spacial score (nSPS) is 20.0. The predicted molar refractivity (Wildman–Crippen MR) is 82.9 cm³/mol. The van der Waals surface area contributed by atoms with Gasteiger partial charge in [-0.1, -0.05) is 27.7 Å². The summed E-state index contributed by atoms with van der Waals surface area (Å²) < 4.78 is 0. The van der Waals surface area contributed by atoms with E-state index >= 15 is 0 Å². The Bertz CT molecular complexity index is 287. The molecule has 0 saturated carbocycles. The highest BCUT2D eigenvalue weighted by molar-refractivity contribution is 5.72. The standard InChI is InChI=1S/C16H32N2O2/c1-12(2)10-15(11-13(3)4)18-8-6-17(7-9-18)14(5)16(19)20/h12-15H,6-11H2,1-5H3,(H,19,20). The molecule has 1 rings (SSSR count). The monoisotopic (exact) mass is 284 g/mol. The highest BCUT2D eigenvalue weighted by atomic mass is 16.4. The molecule has 1 N–H and O–H groups in total. The average Bonchev–Trinajstić information content (AvgIpc) is 2.36. The fourth-order valence-corrected chi connectivity index (χ4v) is 3.13. The summed E-state index contributed by atoms with van der Waals surface area (Å²) in [5, 5.41) is 9.09. The zero-order valence-corrected chi connectivity index (χ0v) is 13.8. The molecule has 4 heteroatoms. The smallest absolute Gasteiger partial charge is 0.320 e. The van der Waals surface area contributed by atoms with Crippen molar-refractivity contribution in [2.45, 2.75) is 59.5 Å². The summed E-state index contributed by atoms with van der Waals surface area (Å²) in [6.45, 7) is 14.7. The van der Waals surface area contributed by atoms with Crippen molar-refractivity contribution in [2.75, 3.05) is 26.2 Å². The van der Waals surface area contributed by atoms with E-state index in [1.54, 1.807) is 6.92 Å². The van der Waals surface area contributed by atoms with Crippen LogP contribution in [0.4, 0.5) is 0 Å². The Hall–Kier alpha value is -0.610. The molecule has 0 amide bonds. The minimum absolute atomic E-state index is 0.356. The van der Waals surface area contributed by atoms with Gasteiger partial charge in [0.2, 0.25) is 0 Å². The van der Waals surface area contributed by atoms with Gasteiger partial charge in [0.25, 0.3) is 0 Å². The summed E-state index contributed by atoms with van der Waals surface area (Å²) in [5.74, 6) is 0.726. The molecule has 0 aromatic rings. The van der Waals surface area contributed by atoms with Gasteiger partial charge in [0.15, 0.2) is 0 Å². The zero-order chi connectivity index (χ0) is 15.3. The van der Waals surface area contributed by atoms with Gasteiger partial charge in [-0.2, -0.15) is 0 Å². The molecule has 1 aliphatic heterocycles. The summed E-state index contributed by atoms with van der Waals surface area (Å²) in [5.41, 5.74) is 0. The maximum atomic E-state index is 11.0. The first-order valence-electron chi connectivity index (χ1n) is 8.02. The van der Waals surface area contributed by atoms with Crippen molar-refractivity contribution < 1.29 is 9.90 Å². The van der Waals surface area contributed by atoms with Crippen LogP contribution in [0.3, 0.4) is 0 Å². The second-order valence-corrected chi connectivity index (χ2v) is 7.00. The first-order valence-corrected chi connectivity index (χ1v) is 8.02. The lowest BCUT2D eigenvalue weighted by Crippen LogP contribution is -2.54. The van der Waals surface area contributed by atoms with Crippen molar-refractivity contribution in [2.24, 2.45) is 11.8 Å². The molecule has 1 fully saturated rings. The molecule has 118 valence electrons. The van der Waals surface area contributed by atoms with Crippen LogP contribution in [-0.4, -0.2) is 59.1 Å². The molecule has 1 heterocycles. The first-order chi connectivity index (χ1) is 9.31. The van der Waals surface area contributed by atoms with Crippen molar-refractivity contribution in [3.8, 4) is 0 Å². The van der Waals surface area contributed by atoms with E-state index in [0.29, 0.717) is 6.04 Å². The van der Waals surface area contributed by atoms with Crippen LogP contribution in [0.25, 0.3) is 0 Å². The zero-order valence-electron chi connectivity index (χ0n) is 13.8. The minimum atomic E-state index is -0.709. The molecule has 20 heavy (non-hydrogen) atoms. The summed E-state index contributed by atoms with van der Waals surface area (Å²) in [6, 6.07) is 0.295. The fourth-order valence-electron chi connectivity index (χ4n) is 3.13. The number of aliphatic carboxylic acids is 1. The predicted octanol–water partition coefficient (Wildman–Crippen LogP) is 2.54. The van der Waals surface area contributed by atoms with Crippen molar-refractivity contribution in [3.63, 3.8) is 0 Å². The Kier molecular flexibility index (Phi) is 6.96. The molecule has 0 aromatic carbocycles. The topological polar surface area (TPSA) is 43.8 Å². The molecule has 1 saturated heterocycles. The number of carboxylic acid groups (broad SMARTS) is 1. The highest BCUT2D eigenvalue weighted by Crippen LogP contribution is 2.21. The van der Waals surface area contributed by atoms with E-state index in [-0.39, 0.29) is 6.04 Å². The number of nitrogens with zero attached hydrogens (tertiary/aromatic N) is 2. The molecule has 0 aliphatic carbocycles. The SMILES string of the molecule is CC(C)CC(CC(C)C)N1CCN(C(C)C(=O)O)CC1. The van der Waals surface area contributed by atoms with Crippen molar-refractivity contribution >= 4 is 5.97 Å². The van der Waals surface area contributed by atoms with Gasteiger partial charge in [-0.3, -0.25) is 14.6 Å². The van der Waals surface area contributed by atoms with Crippen LogP contribution in [0, 0.1) is 11.8 Å². The Labute approximate surface area is 124 Å². The summed E-state index contributed by atoms with van der Waals surface area (Å²) >= 11 is 0. The molecular weight excluding hydrogens is 252 g/mol. The van der Waals surface area contributed by atoms with Crippen molar-refractivity contribution in [1.82, 2.24) is 9.80 Å².